The van der Waals surface area contributed by atoms with Gasteiger partial charge in [0.05, 0.1) is 0 Å². The first-order valence-corrected chi connectivity index (χ1v) is 3.59. The number of phenols is 3. The predicted molar refractivity (Wildman–Crippen MR) is 44.2 cm³/mol. The van der Waals surface area contributed by atoms with Gasteiger partial charge in [0.1, 0.15) is 17.2 Å². The molecule has 1 aromatic rings. The fourth-order valence-corrected chi connectivity index (χ4v) is 1.03. The molecule has 5 N–H and O–H groups in total. The van der Waals surface area contributed by atoms with Crippen LogP contribution in [0.15, 0.2) is 12.1 Å². The van der Waals surface area contributed by atoms with Crippen molar-refractivity contribution in [2.45, 2.75) is 6.42 Å². The van der Waals surface area contributed by atoms with Gasteiger partial charge in [0.25, 0.3) is 0 Å². The van der Waals surface area contributed by atoms with Crippen molar-refractivity contribution in [2.75, 3.05) is 6.54 Å². The molecule has 4 heteroatoms. The first-order chi connectivity index (χ1) is 5.65. The summed E-state index contributed by atoms with van der Waals surface area (Å²) < 4.78 is 0. The van der Waals surface area contributed by atoms with Crippen LogP contribution in [-0.2, 0) is 6.42 Å². The third kappa shape index (κ3) is 1.60. The van der Waals surface area contributed by atoms with Crippen LogP contribution >= 0.6 is 0 Å². The maximum absolute atomic E-state index is 9.23. The minimum absolute atomic E-state index is 0.127. The van der Waals surface area contributed by atoms with Gasteiger partial charge in [-0.2, -0.15) is 0 Å². The molecular weight excluding hydrogens is 158 g/mol. The molecule has 0 bridgehead atoms. The summed E-state index contributed by atoms with van der Waals surface area (Å²) in [5.41, 5.74) is 5.62. The van der Waals surface area contributed by atoms with Crippen molar-refractivity contribution in [1.29, 1.82) is 0 Å². The molecule has 0 atom stereocenters. The van der Waals surface area contributed by atoms with E-state index in [-0.39, 0.29) is 17.2 Å². The maximum atomic E-state index is 9.23. The first kappa shape index (κ1) is 8.67. The van der Waals surface area contributed by atoms with Gasteiger partial charge in [-0.3, -0.25) is 0 Å². The van der Waals surface area contributed by atoms with Crippen molar-refractivity contribution >= 4 is 0 Å². The zero-order chi connectivity index (χ0) is 9.14. The van der Waals surface area contributed by atoms with Crippen molar-refractivity contribution in [3.05, 3.63) is 17.7 Å². The van der Waals surface area contributed by atoms with Gasteiger partial charge >= 0.3 is 0 Å². The Labute approximate surface area is 69.9 Å². The molecule has 0 aliphatic heterocycles. The standard InChI is InChI=1S/C8H11NO3/c9-2-1-6-7(11)3-5(10)4-8(6)12/h3-4,10-12H,1-2,9H2. The lowest BCUT2D eigenvalue weighted by Crippen LogP contribution is -2.02. The smallest absolute Gasteiger partial charge is 0.126 e. The lowest BCUT2D eigenvalue weighted by atomic mass is 10.1. The number of hydrogen-bond donors (Lipinski definition) is 4. The molecule has 0 saturated heterocycles. The van der Waals surface area contributed by atoms with Crippen LogP contribution in [0.2, 0.25) is 0 Å². The molecule has 0 aliphatic carbocycles. The van der Waals surface area contributed by atoms with E-state index in [0.29, 0.717) is 18.5 Å². The Balaban J connectivity index is 3.10. The fourth-order valence-electron chi connectivity index (χ4n) is 1.03. The van der Waals surface area contributed by atoms with Gasteiger partial charge in [-0.15, -0.1) is 0 Å². The number of nitrogens with two attached hydrogens (primary N) is 1. The van der Waals surface area contributed by atoms with Crippen LogP contribution < -0.4 is 5.73 Å². The molecule has 0 fully saturated rings. The van der Waals surface area contributed by atoms with E-state index in [1.54, 1.807) is 0 Å². The van der Waals surface area contributed by atoms with Gasteiger partial charge < -0.3 is 21.1 Å². The Kier molecular flexibility index (Phi) is 2.40. The van der Waals surface area contributed by atoms with E-state index < -0.39 is 0 Å². The van der Waals surface area contributed by atoms with Gasteiger partial charge in [0, 0.05) is 17.7 Å². The summed E-state index contributed by atoms with van der Waals surface area (Å²) in [6.07, 6.45) is 0.387. The van der Waals surface area contributed by atoms with Crippen LogP contribution in [-0.4, -0.2) is 21.9 Å². The Hall–Kier alpha value is -1.42. The Morgan fingerprint density at radius 3 is 2.00 bits per heavy atom. The summed E-state index contributed by atoms with van der Waals surface area (Å²) in [6, 6.07) is 2.34. The van der Waals surface area contributed by atoms with Gasteiger partial charge in [-0.05, 0) is 13.0 Å². The zero-order valence-corrected chi connectivity index (χ0v) is 6.49. The Bertz CT molecular complexity index is 263. The van der Waals surface area contributed by atoms with E-state index in [4.69, 9.17) is 10.8 Å². The highest BCUT2D eigenvalue weighted by Crippen LogP contribution is 2.31. The fraction of sp³-hybridized carbons (Fsp3) is 0.250. The van der Waals surface area contributed by atoms with Crippen LogP contribution in [0.3, 0.4) is 0 Å². The van der Waals surface area contributed by atoms with Crippen molar-refractivity contribution < 1.29 is 15.3 Å². The zero-order valence-electron chi connectivity index (χ0n) is 6.49. The second-order valence-electron chi connectivity index (χ2n) is 2.50. The quantitative estimate of drug-likeness (QED) is 0.513. The number of phenolic OH excluding ortho intramolecular Hbond substituents is 3. The number of aromatic hydroxyl groups is 3. The normalized spacial score (nSPS) is 10.1. The van der Waals surface area contributed by atoms with Gasteiger partial charge in [0.2, 0.25) is 0 Å². The maximum Gasteiger partial charge on any atom is 0.126 e. The molecule has 12 heavy (non-hydrogen) atoms. The van der Waals surface area contributed by atoms with Crippen LogP contribution in [0.4, 0.5) is 0 Å². The molecule has 4 nitrogen and oxygen atoms in total. The van der Waals surface area contributed by atoms with Gasteiger partial charge in [-0.25, -0.2) is 0 Å². The van der Waals surface area contributed by atoms with E-state index in [1.807, 2.05) is 0 Å². The molecule has 0 radical (unpaired) electrons. The molecule has 0 aliphatic rings. The molecule has 0 heterocycles. The molecule has 66 valence electrons. The summed E-state index contributed by atoms with van der Waals surface area (Å²) in [6.45, 7) is 0.339. The molecule has 0 unspecified atom stereocenters. The Morgan fingerprint density at radius 2 is 1.58 bits per heavy atom. The highest BCUT2D eigenvalue weighted by Gasteiger charge is 2.07. The summed E-state index contributed by atoms with van der Waals surface area (Å²) >= 11 is 0. The molecule has 1 aromatic carbocycles. The summed E-state index contributed by atoms with van der Waals surface area (Å²) in [4.78, 5) is 0. The second kappa shape index (κ2) is 3.32. The SMILES string of the molecule is NCCc1c(O)cc(O)cc1O. The van der Waals surface area contributed by atoms with Crippen LogP contribution in [0, 0.1) is 0 Å². The van der Waals surface area contributed by atoms with Crippen LogP contribution in [0.25, 0.3) is 0 Å². The van der Waals surface area contributed by atoms with E-state index in [9.17, 15) is 10.2 Å². The molecule has 0 aromatic heterocycles. The average molecular weight is 169 g/mol. The van der Waals surface area contributed by atoms with Crippen molar-refractivity contribution in [2.24, 2.45) is 5.73 Å². The van der Waals surface area contributed by atoms with Gasteiger partial charge in [-0.1, -0.05) is 0 Å². The predicted octanol–water partition coefficient (Wildman–Crippen LogP) is 0.305. The molecule has 0 spiro atoms. The minimum atomic E-state index is -0.161. The van der Waals surface area contributed by atoms with E-state index >= 15 is 0 Å². The van der Waals surface area contributed by atoms with E-state index in [2.05, 4.69) is 0 Å². The second-order valence-corrected chi connectivity index (χ2v) is 2.50. The summed E-state index contributed by atoms with van der Waals surface area (Å²) in [5.74, 6) is -0.415. The number of benzene rings is 1. The third-order valence-corrected chi connectivity index (χ3v) is 1.58. The summed E-state index contributed by atoms with van der Waals surface area (Å²) in [7, 11) is 0. The molecular formula is C8H11NO3. The van der Waals surface area contributed by atoms with E-state index in [1.165, 1.54) is 12.1 Å². The highest BCUT2D eigenvalue weighted by atomic mass is 16.3. The highest BCUT2D eigenvalue weighted by molar-refractivity contribution is 5.48. The van der Waals surface area contributed by atoms with Crippen molar-refractivity contribution in [3.8, 4) is 17.2 Å². The molecule has 1 rings (SSSR count). The average Bonchev–Trinajstić information content (AvgIpc) is 1.96. The topological polar surface area (TPSA) is 86.7 Å². The first-order valence-electron chi connectivity index (χ1n) is 3.59. The molecule has 0 amide bonds. The third-order valence-electron chi connectivity index (χ3n) is 1.58. The minimum Gasteiger partial charge on any atom is -0.508 e. The monoisotopic (exact) mass is 169 g/mol. The number of hydrogen-bond acceptors (Lipinski definition) is 4. The van der Waals surface area contributed by atoms with Gasteiger partial charge in [0.15, 0.2) is 0 Å². The lowest BCUT2D eigenvalue weighted by molar-refractivity contribution is 0.419. The van der Waals surface area contributed by atoms with E-state index in [0.717, 1.165) is 0 Å². The van der Waals surface area contributed by atoms with Crippen molar-refractivity contribution in [1.82, 2.24) is 0 Å². The lowest BCUT2D eigenvalue weighted by Gasteiger charge is -2.05. The molecule has 0 saturated carbocycles. The largest absolute Gasteiger partial charge is 0.508 e. The Morgan fingerprint density at radius 1 is 1.08 bits per heavy atom. The van der Waals surface area contributed by atoms with Crippen molar-refractivity contribution in [3.63, 3.8) is 0 Å². The number of rotatable bonds is 2. The van der Waals surface area contributed by atoms with Crippen LogP contribution in [0.1, 0.15) is 5.56 Å². The van der Waals surface area contributed by atoms with Crippen LogP contribution in [0.5, 0.6) is 17.2 Å². The summed E-state index contributed by atoms with van der Waals surface area (Å²) in [5, 5.41) is 27.4.